The van der Waals surface area contributed by atoms with Gasteiger partial charge in [0.25, 0.3) is 0 Å². The molecule has 0 saturated carbocycles. The molecule has 0 bridgehead atoms. The number of carbonyl (C=O) groups is 3. The lowest BCUT2D eigenvalue weighted by Crippen LogP contribution is -2.33. The summed E-state index contributed by atoms with van der Waals surface area (Å²) < 4.78 is 0. The van der Waals surface area contributed by atoms with Crippen LogP contribution in [0.3, 0.4) is 0 Å². The quantitative estimate of drug-likeness (QED) is 0.384. The van der Waals surface area contributed by atoms with E-state index >= 15 is 0 Å². The van der Waals surface area contributed by atoms with Gasteiger partial charge in [0.1, 0.15) is 6.04 Å². The number of carbonyl (C=O) groups excluding carboxylic acids is 2. The number of hydrogen-bond donors (Lipinski definition) is 3. The summed E-state index contributed by atoms with van der Waals surface area (Å²) in [4.78, 5) is 32.4. The van der Waals surface area contributed by atoms with E-state index in [0.717, 1.165) is 0 Å². The fourth-order valence-corrected chi connectivity index (χ4v) is 1.09. The van der Waals surface area contributed by atoms with Crippen molar-refractivity contribution in [1.82, 2.24) is 5.32 Å². The molecule has 6 heteroatoms. The van der Waals surface area contributed by atoms with Gasteiger partial charge in [-0.15, -0.1) is 0 Å². The second kappa shape index (κ2) is 8.46. The molecule has 4 N–H and O–H groups in total. The highest BCUT2D eigenvalue weighted by atomic mass is 16.4. The number of carboxylic acid groups (broad SMARTS) is 1. The van der Waals surface area contributed by atoms with Crippen molar-refractivity contribution < 1.29 is 19.5 Å². The number of carboxylic acids is 1. The van der Waals surface area contributed by atoms with Crippen LogP contribution in [0.5, 0.6) is 0 Å². The maximum atomic E-state index is 11.2. The third kappa shape index (κ3) is 8.15. The normalized spacial score (nSPS) is 11.6. The molecule has 0 saturated heterocycles. The Morgan fingerprint density at radius 1 is 1.35 bits per heavy atom. The highest BCUT2D eigenvalue weighted by Crippen LogP contribution is 1.95. The van der Waals surface area contributed by atoms with E-state index in [1.165, 1.54) is 6.08 Å². The minimum atomic E-state index is -1.12. The van der Waals surface area contributed by atoms with Gasteiger partial charge in [-0.2, -0.15) is 0 Å². The number of rotatable bonds is 9. The zero-order valence-electron chi connectivity index (χ0n) is 9.65. The summed E-state index contributed by atoms with van der Waals surface area (Å²) in [5, 5.41) is 11.1. The van der Waals surface area contributed by atoms with E-state index in [2.05, 4.69) is 11.9 Å². The highest BCUT2D eigenvalue weighted by Gasteiger charge is 2.12. The van der Waals surface area contributed by atoms with Gasteiger partial charge in [-0.1, -0.05) is 6.58 Å². The molecule has 0 aromatic carbocycles. The molecule has 1 unspecified atom stereocenters. The van der Waals surface area contributed by atoms with Crippen molar-refractivity contribution in [1.29, 1.82) is 0 Å². The molecular weight excluding hydrogens is 224 g/mol. The van der Waals surface area contributed by atoms with Gasteiger partial charge in [-0.25, -0.2) is 0 Å². The Morgan fingerprint density at radius 3 is 2.53 bits per heavy atom. The van der Waals surface area contributed by atoms with Crippen molar-refractivity contribution >= 4 is 17.7 Å². The molecule has 0 heterocycles. The molecule has 0 aromatic heterocycles. The molecule has 17 heavy (non-hydrogen) atoms. The number of amides is 1. The van der Waals surface area contributed by atoms with Crippen LogP contribution in [0.25, 0.3) is 0 Å². The van der Waals surface area contributed by atoms with Gasteiger partial charge in [-0.3, -0.25) is 14.4 Å². The van der Waals surface area contributed by atoms with E-state index in [0.29, 0.717) is 19.4 Å². The number of nitrogens with one attached hydrogen (secondary N) is 1. The summed E-state index contributed by atoms with van der Waals surface area (Å²) in [6.45, 7) is 3.72. The van der Waals surface area contributed by atoms with Crippen LogP contribution in [0, 0.1) is 0 Å². The summed E-state index contributed by atoms with van der Waals surface area (Å²) in [5.74, 6) is -1.44. The summed E-state index contributed by atoms with van der Waals surface area (Å²) in [7, 11) is 0. The summed E-state index contributed by atoms with van der Waals surface area (Å²) in [5.41, 5.74) is 5.24. The van der Waals surface area contributed by atoms with Gasteiger partial charge < -0.3 is 16.2 Å². The zero-order valence-corrected chi connectivity index (χ0v) is 9.65. The number of aliphatic carboxylic acids is 1. The molecule has 0 fully saturated rings. The second-order valence-corrected chi connectivity index (χ2v) is 3.61. The smallest absolute Gasteiger partial charge is 0.320 e. The van der Waals surface area contributed by atoms with Gasteiger partial charge in [0.2, 0.25) is 5.91 Å². The van der Waals surface area contributed by atoms with Crippen LogP contribution in [-0.2, 0) is 14.4 Å². The Bertz CT molecular complexity index is 302. The van der Waals surface area contributed by atoms with Crippen molar-refractivity contribution in [3.05, 3.63) is 12.7 Å². The minimum Gasteiger partial charge on any atom is -0.480 e. The molecule has 0 aliphatic rings. The Labute approximate surface area is 99.9 Å². The lowest BCUT2D eigenvalue weighted by atomic mass is 10.1. The largest absolute Gasteiger partial charge is 0.480 e. The monoisotopic (exact) mass is 242 g/mol. The Kier molecular flexibility index (Phi) is 7.62. The first kappa shape index (κ1) is 15.3. The molecule has 0 spiro atoms. The molecule has 1 amide bonds. The molecule has 0 aromatic rings. The van der Waals surface area contributed by atoms with Gasteiger partial charge in [0.15, 0.2) is 5.78 Å². The van der Waals surface area contributed by atoms with Crippen molar-refractivity contribution in [2.45, 2.75) is 31.7 Å². The molecule has 0 aliphatic carbocycles. The van der Waals surface area contributed by atoms with Gasteiger partial charge in [0, 0.05) is 19.4 Å². The first-order valence-electron chi connectivity index (χ1n) is 5.37. The van der Waals surface area contributed by atoms with E-state index in [1.54, 1.807) is 0 Å². The molecule has 0 radical (unpaired) electrons. The maximum Gasteiger partial charge on any atom is 0.320 e. The van der Waals surface area contributed by atoms with Gasteiger partial charge in [0.05, 0.1) is 0 Å². The van der Waals surface area contributed by atoms with Crippen LogP contribution >= 0.6 is 0 Å². The first-order valence-corrected chi connectivity index (χ1v) is 5.37. The molecule has 1 atom stereocenters. The van der Waals surface area contributed by atoms with E-state index in [9.17, 15) is 14.4 Å². The third-order valence-electron chi connectivity index (χ3n) is 2.15. The van der Waals surface area contributed by atoms with Crippen LogP contribution in [0.15, 0.2) is 12.7 Å². The lowest BCUT2D eigenvalue weighted by molar-refractivity contribution is -0.138. The number of ketones is 1. The summed E-state index contributed by atoms with van der Waals surface area (Å²) >= 11 is 0. The number of allylic oxidation sites excluding steroid dienone is 1. The second-order valence-electron chi connectivity index (χ2n) is 3.61. The van der Waals surface area contributed by atoms with Gasteiger partial charge in [-0.05, 0) is 18.9 Å². The molecule has 0 rings (SSSR count). The predicted octanol–water partition coefficient (Wildman–Crippen LogP) is -0.170. The van der Waals surface area contributed by atoms with Crippen LogP contribution in [0.4, 0.5) is 0 Å². The standard InChI is InChI=1S/C11H18N2O4/c1-2-8(14)4-3-7-13-10(15)6-5-9(12)11(16)17/h2,9H,1,3-7,12H2,(H,13,15)(H,16,17). The Hall–Kier alpha value is -1.69. The zero-order chi connectivity index (χ0) is 13.3. The predicted molar refractivity (Wildman–Crippen MR) is 62.3 cm³/mol. The van der Waals surface area contributed by atoms with Crippen LogP contribution in [0.2, 0.25) is 0 Å². The highest BCUT2D eigenvalue weighted by molar-refractivity contribution is 5.89. The van der Waals surface area contributed by atoms with Crippen molar-refractivity contribution in [2.24, 2.45) is 5.73 Å². The van der Waals surface area contributed by atoms with Crippen LogP contribution in [-0.4, -0.2) is 35.4 Å². The Balaban J connectivity index is 3.57. The van der Waals surface area contributed by atoms with Crippen LogP contribution in [0.1, 0.15) is 25.7 Å². The Morgan fingerprint density at radius 2 is 2.00 bits per heavy atom. The molecular formula is C11H18N2O4. The topological polar surface area (TPSA) is 109 Å². The van der Waals surface area contributed by atoms with Crippen molar-refractivity contribution in [3.8, 4) is 0 Å². The first-order chi connectivity index (χ1) is 7.97. The van der Waals surface area contributed by atoms with E-state index in [4.69, 9.17) is 10.8 Å². The SMILES string of the molecule is C=CC(=O)CCCNC(=O)CCC(N)C(=O)O. The van der Waals surface area contributed by atoms with Crippen LogP contribution < -0.4 is 11.1 Å². The third-order valence-corrected chi connectivity index (χ3v) is 2.15. The number of nitrogens with two attached hydrogens (primary N) is 1. The van der Waals surface area contributed by atoms with E-state index < -0.39 is 12.0 Å². The summed E-state index contributed by atoms with van der Waals surface area (Å²) in [6, 6.07) is -1.01. The molecule has 6 nitrogen and oxygen atoms in total. The number of hydrogen-bond acceptors (Lipinski definition) is 4. The average molecular weight is 242 g/mol. The fraction of sp³-hybridized carbons (Fsp3) is 0.545. The fourth-order valence-electron chi connectivity index (χ4n) is 1.09. The molecule has 96 valence electrons. The van der Waals surface area contributed by atoms with E-state index in [1.807, 2.05) is 0 Å². The lowest BCUT2D eigenvalue weighted by Gasteiger charge is -2.06. The summed E-state index contributed by atoms with van der Waals surface area (Å²) in [6.07, 6.45) is 2.31. The molecule has 0 aliphatic heterocycles. The average Bonchev–Trinajstić information content (AvgIpc) is 2.30. The van der Waals surface area contributed by atoms with E-state index in [-0.39, 0.29) is 24.5 Å². The van der Waals surface area contributed by atoms with Crippen molar-refractivity contribution in [2.75, 3.05) is 6.54 Å². The van der Waals surface area contributed by atoms with Crippen molar-refractivity contribution in [3.63, 3.8) is 0 Å². The van der Waals surface area contributed by atoms with Gasteiger partial charge >= 0.3 is 5.97 Å². The maximum absolute atomic E-state index is 11.2. The minimum absolute atomic E-state index is 0.0628.